The standard InChI is InChI=1S/C26H20F3NO4/c27-26(28,29)21-8-4-18(5-9-21)20-3-1-2-17(14-20)16-33-22-10-6-19(7-11-22)23(15-25(31)32)24-12-13-34-30-24/h1-14,23H,15-16H2,(H,31,32)/t23-/m1/s1. The highest BCUT2D eigenvalue weighted by Crippen LogP contribution is 2.32. The Morgan fingerprint density at radius 1 is 0.971 bits per heavy atom. The molecule has 5 nitrogen and oxygen atoms in total. The first-order valence-electron chi connectivity index (χ1n) is 10.4. The van der Waals surface area contributed by atoms with Crippen LogP contribution in [0.1, 0.15) is 34.7 Å². The largest absolute Gasteiger partial charge is 0.489 e. The van der Waals surface area contributed by atoms with Crippen LogP contribution in [0.4, 0.5) is 13.2 Å². The molecule has 0 radical (unpaired) electrons. The molecule has 0 aliphatic rings. The van der Waals surface area contributed by atoms with Gasteiger partial charge in [-0.2, -0.15) is 13.2 Å². The number of halogens is 3. The Morgan fingerprint density at radius 3 is 2.32 bits per heavy atom. The lowest BCUT2D eigenvalue weighted by atomic mass is 9.92. The maximum absolute atomic E-state index is 12.8. The number of carboxylic acids is 1. The molecule has 34 heavy (non-hydrogen) atoms. The van der Waals surface area contributed by atoms with Crippen LogP contribution in [0, 0.1) is 0 Å². The highest BCUT2D eigenvalue weighted by Gasteiger charge is 2.30. The van der Waals surface area contributed by atoms with E-state index in [0.717, 1.165) is 28.8 Å². The van der Waals surface area contributed by atoms with Crippen LogP contribution in [-0.2, 0) is 17.6 Å². The molecule has 0 aliphatic carbocycles. The zero-order valence-corrected chi connectivity index (χ0v) is 17.8. The highest BCUT2D eigenvalue weighted by molar-refractivity contribution is 5.69. The van der Waals surface area contributed by atoms with E-state index >= 15 is 0 Å². The van der Waals surface area contributed by atoms with Crippen molar-refractivity contribution in [1.29, 1.82) is 0 Å². The third-order valence-corrected chi connectivity index (χ3v) is 5.35. The number of aliphatic carboxylic acids is 1. The molecule has 1 heterocycles. The van der Waals surface area contributed by atoms with Crippen molar-refractivity contribution in [2.45, 2.75) is 25.1 Å². The van der Waals surface area contributed by atoms with Gasteiger partial charge in [0.05, 0.1) is 17.7 Å². The Labute approximate surface area is 193 Å². The Morgan fingerprint density at radius 2 is 1.71 bits per heavy atom. The van der Waals surface area contributed by atoms with Crippen molar-refractivity contribution in [1.82, 2.24) is 5.16 Å². The number of aromatic nitrogens is 1. The normalized spacial score (nSPS) is 12.3. The van der Waals surface area contributed by atoms with Gasteiger partial charge in [-0.3, -0.25) is 4.79 Å². The van der Waals surface area contributed by atoms with Crippen molar-refractivity contribution in [2.75, 3.05) is 0 Å². The quantitative estimate of drug-likeness (QED) is 0.318. The van der Waals surface area contributed by atoms with E-state index in [0.29, 0.717) is 17.0 Å². The third-order valence-electron chi connectivity index (χ3n) is 5.35. The number of carboxylic acid groups (broad SMARTS) is 1. The van der Waals surface area contributed by atoms with Gasteiger partial charge in [-0.1, -0.05) is 47.6 Å². The van der Waals surface area contributed by atoms with Crippen LogP contribution in [-0.4, -0.2) is 16.2 Å². The van der Waals surface area contributed by atoms with Gasteiger partial charge in [0, 0.05) is 12.0 Å². The molecule has 8 heteroatoms. The van der Waals surface area contributed by atoms with Gasteiger partial charge < -0.3 is 14.4 Å². The number of nitrogens with zero attached hydrogens (tertiary/aromatic N) is 1. The van der Waals surface area contributed by atoms with E-state index in [1.165, 1.54) is 18.4 Å². The van der Waals surface area contributed by atoms with Crippen LogP contribution >= 0.6 is 0 Å². The smallest absolute Gasteiger partial charge is 0.416 e. The fraction of sp³-hybridized carbons (Fsp3) is 0.154. The Hall–Kier alpha value is -4.07. The lowest BCUT2D eigenvalue weighted by Crippen LogP contribution is -2.08. The van der Waals surface area contributed by atoms with Gasteiger partial charge in [-0.25, -0.2) is 0 Å². The number of carbonyl (C=O) groups is 1. The Bertz CT molecular complexity index is 1230. The van der Waals surface area contributed by atoms with Gasteiger partial charge in [0.2, 0.25) is 0 Å². The maximum atomic E-state index is 12.8. The summed E-state index contributed by atoms with van der Waals surface area (Å²) in [4.78, 5) is 11.3. The van der Waals surface area contributed by atoms with E-state index < -0.39 is 23.6 Å². The average Bonchev–Trinajstić information content (AvgIpc) is 3.36. The minimum absolute atomic E-state index is 0.122. The highest BCUT2D eigenvalue weighted by atomic mass is 19.4. The molecule has 1 N–H and O–H groups in total. The fourth-order valence-corrected chi connectivity index (χ4v) is 3.62. The molecule has 0 spiro atoms. The van der Waals surface area contributed by atoms with E-state index in [-0.39, 0.29) is 13.0 Å². The summed E-state index contributed by atoms with van der Waals surface area (Å²) in [6.45, 7) is 0.260. The number of benzene rings is 3. The SMILES string of the molecule is O=C(O)C[C@H](c1ccc(OCc2cccc(-c3ccc(C(F)(F)F)cc3)c2)cc1)c1ccon1. The summed E-state index contributed by atoms with van der Waals surface area (Å²) >= 11 is 0. The number of alkyl halides is 3. The van der Waals surface area contributed by atoms with Crippen LogP contribution < -0.4 is 4.74 Å². The van der Waals surface area contributed by atoms with E-state index in [4.69, 9.17) is 9.26 Å². The monoisotopic (exact) mass is 467 g/mol. The van der Waals surface area contributed by atoms with Crippen molar-refractivity contribution in [3.63, 3.8) is 0 Å². The van der Waals surface area contributed by atoms with Gasteiger partial charge >= 0.3 is 12.1 Å². The molecular weight excluding hydrogens is 447 g/mol. The van der Waals surface area contributed by atoms with Crippen molar-refractivity contribution in [3.05, 3.63) is 108 Å². The number of ether oxygens (including phenoxy) is 1. The minimum Gasteiger partial charge on any atom is -0.489 e. The predicted molar refractivity (Wildman–Crippen MR) is 118 cm³/mol. The molecule has 4 rings (SSSR count). The third kappa shape index (κ3) is 5.64. The summed E-state index contributed by atoms with van der Waals surface area (Å²) in [6, 6.07) is 21.1. The summed E-state index contributed by atoms with van der Waals surface area (Å²) in [6.07, 6.45) is -3.09. The maximum Gasteiger partial charge on any atom is 0.416 e. The van der Waals surface area contributed by atoms with Gasteiger partial charge in [-0.05, 0) is 52.6 Å². The first kappa shape index (κ1) is 23.1. The average molecular weight is 467 g/mol. The van der Waals surface area contributed by atoms with Crippen LogP contribution in [0.3, 0.4) is 0 Å². The van der Waals surface area contributed by atoms with E-state index in [9.17, 15) is 23.1 Å². The summed E-state index contributed by atoms with van der Waals surface area (Å²) in [7, 11) is 0. The summed E-state index contributed by atoms with van der Waals surface area (Å²) in [5, 5.41) is 13.1. The predicted octanol–water partition coefficient (Wildman–Crippen LogP) is 6.55. The van der Waals surface area contributed by atoms with Gasteiger partial charge in [0.1, 0.15) is 18.6 Å². The zero-order chi connectivity index (χ0) is 24.1. The van der Waals surface area contributed by atoms with Crippen LogP contribution in [0.5, 0.6) is 5.75 Å². The second-order valence-corrected chi connectivity index (χ2v) is 7.71. The van der Waals surface area contributed by atoms with Crippen LogP contribution in [0.25, 0.3) is 11.1 Å². The van der Waals surface area contributed by atoms with Gasteiger partial charge in [0.25, 0.3) is 0 Å². The van der Waals surface area contributed by atoms with Crippen molar-refractivity contribution >= 4 is 5.97 Å². The van der Waals surface area contributed by atoms with Gasteiger partial charge in [-0.15, -0.1) is 0 Å². The Kier molecular flexibility index (Phi) is 6.67. The number of hydrogen-bond acceptors (Lipinski definition) is 4. The summed E-state index contributed by atoms with van der Waals surface area (Å²) in [5.74, 6) is -0.787. The molecule has 0 amide bonds. The molecule has 0 saturated heterocycles. The molecule has 0 bridgehead atoms. The van der Waals surface area contributed by atoms with E-state index in [1.54, 1.807) is 30.3 Å². The topological polar surface area (TPSA) is 72.6 Å². The van der Waals surface area contributed by atoms with Crippen molar-refractivity contribution in [3.8, 4) is 16.9 Å². The summed E-state index contributed by atoms with van der Waals surface area (Å²) in [5.41, 5.74) is 2.94. The lowest BCUT2D eigenvalue weighted by Gasteiger charge is -2.14. The van der Waals surface area contributed by atoms with E-state index in [2.05, 4.69) is 5.16 Å². The molecule has 4 aromatic rings. The number of hydrogen-bond donors (Lipinski definition) is 1. The molecule has 0 unspecified atom stereocenters. The lowest BCUT2D eigenvalue weighted by molar-refractivity contribution is -0.138. The van der Waals surface area contributed by atoms with Crippen LogP contribution in [0.15, 0.2) is 89.6 Å². The zero-order valence-electron chi connectivity index (χ0n) is 17.8. The molecule has 1 aromatic heterocycles. The molecule has 1 atom stereocenters. The number of rotatable bonds is 8. The van der Waals surface area contributed by atoms with Crippen molar-refractivity contribution < 1.29 is 32.3 Å². The Balaban J connectivity index is 1.43. The molecule has 0 fully saturated rings. The van der Waals surface area contributed by atoms with Gasteiger partial charge in [0.15, 0.2) is 0 Å². The van der Waals surface area contributed by atoms with Crippen molar-refractivity contribution in [2.24, 2.45) is 0 Å². The molecular formula is C26H20F3NO4. The molecule has 0 saturated carbocycles. The second-order valence-electron chi connectivity index (χ2n) is 7.71. The summed E-state index contributed by atoms with van der Waals surface area (Å²) < 4.78 is 49.1. The minimum atomic E-state index is -4.37. The van der Waals surface area contributed by atoms with E-state index in [1.807, 2.05) is 24.3 Å². The molecule has 0 aliphatic heterocycles. The molecule has 174 valence electrons. The fourth-order valence-electron chi connectivity index (χ4n) is 3.62. The van der Waals surface area contributed by atoms with Crippen LogP contribution in [0.2, 0.25) is 0 Å². The molecule has 3 aromatic carbocycles. The second kappa shape index (κ2) is 9.82. The first-order valence-corrected chi connectivity index (χ1v) is 10.4. The first-order chi connectivity index (χ1) is 16.3.